The van der Waals surface area contributed by atoms with Crippen LogP contribution in [0.4, 0.5) is 0 Å². The van der Waals surface area contributed by atoms with Crippen LogP contribution in [0.3, 0.4) is 0 Å². The number of benzene rings is 1. The molecule has 2 aromatic heterocycles. The number of carbonyl (C=O) groups is 1. The van der Waals surface area contributed by atoms with Gasteiger partial charge in [-0.25, -0.2) is 0 Å². The molecule has 3 aromatic rings. The van der Waals surface area contributed by atoms with E-state index in [2.05, 4.69) is 19.9 Å². The van der Waals surface area contributed by atoms with Gasteiger partial charge < -0.3 is 23.5 Å². The van der Waals surface area contributed by atoms with Gasteiger partial charge in [0, 0.05) is 24.5 Å². The molecular formula is C23H27N5O4. The van der Waals surface area contributed by atoms with Crippen molar-refractivity contribution in [3.05, 3.63) is 42.0 Å². The van der Waals surface area contributed by atoms with E-state index in [1.165, 1.54) is 0 Å². The number of aryl methyl sites for hydroxylation is 1. The molecule has 32 heavy (non-hydrogen) atoms. The smallest absolute Gasteiger partial charge is 0.223 e. The third-order valence-corrected chi connectivity index (χ3v) is 6.54. The second kappa shape index (κ2) is 8.64. The van der Waals surface area contributed by atoms with E-state index < -0.39 is 0 Å². The number of methoxy groups -OCH3 is 2. The lowest BCUT2D eigenvalue weighted by Crippen LogP contribution is -2.50. The lowest BCUT2D eigenvalue weighted by molar-refractivity contribution is -0.137. The van der Waals surface area contributed by atoms with E-state index in [1.54, 1.807) is 26.5 Å². The molecular weight excluding hydrogens is 410 g/mol. The number of fused-ring (bicyclic) bond motifs is 3. The molecule has 0 radical (unpaired) electrons. The largest absolute Gasteiger partial charge is 0.493 e. The maximum absolute atomic E-state index is 13.2. The fourth-order valence-corrected chi connectivity index (χ4v) is 5.00. The average molecular weight is 438 g/mol. The van der Waals surface area contributed by atoms with E-state index in [-0.39, 0.29) is 18.0 Å². The molecule has 1 aromatic carbocycles. The number of amides is 1. The Kier molecular flexibility index (Phi) is 5.55. The molecule has 2 atom stereocenters. The van der Waals surface area contributed by atoms with Gasteiger partial charge in [0.1, 0.15) is 5.76 Å². The first-order valence-corrected chi connectivity index (χ1v) is 11.0. The molecule has 5 rings (SSSR count). The van der Waals surface area contributed by atoms with Gasteiger partial charge in [0.05, 0.1) is 39.0 Å². The SMILES string of the molecule is COc1ccc(-c2nnc3n2[C@@H]2CCCC[C@H]2N(C(=O)CCc2ccno2)C3)cc1OC. The molecule has 9 heteroatoms. The van der Waals surface area contributed by atoms with Crippen LogP contribution < -0.4 is 9.47 Å². The first-order chi connectivity index (χ1) is 15.7. The second-order valence-electron chi connectivity index (χ2n) is 8.30. The highest BCUT2D eigenvalue weighted by atomic mass is 16.5. The standard InChI is InChI=1S/C23H27N5O4/c1-30-19-9-7-15(13-20(19)31-2)23-26-25-21-14-27(17-5-3-4-6-18(17)28(21)23)22(29)10-8-16-11-12-24-32-16/h7,9,11-13,17-18H,3-6,8,10,14H2,1-2H3/t17-,18-/m1/s1. The van der Waals surface area contributed by atoms with Gasteiger partial charge in [-0.3, -0.25) is 4.79 Å². The van der Waals surface area contributed by atoms with Crippen LogP contribution in [0.15, 0.2) is 35.0 Å². The van der Waals surface area contributed by atoms with Gasteiger partial charge in [-0.1, -0.05) is 18.0 Å². The average Bonchev–Trinajstić information content (AvgIpc) is 3.51. The number of nitrogens with zero attached hydrogens (tertiary/aromatic N) is 5. The maximum Gasteiger partial charge on any atom is 0.223 e. The van der Waals surface area contributed by atoms with Crippen molar-refractivity contribution in [1.82, 2.24) is 24.8 Å². The van der Waals surface area contributed by atoms with Crippen LogP contribution in [0.5, 0.6) is 11.5 Å². The van der Waals surface area contributed by atoms with Gasteiger partial charge >= 0.3 is 0 Å². The monoisotopic (exact) mass is 437 g/mol. The van der Waals surface area contributed by atoms with Gasteiger partial charge in [-0.2, -0.15) is 0 Å². The van der Waals surface area contributed by atoms with Gasteiger partial charge in [0.15, 0.2) is 23.1 Å². The number of hydrogen-bond acceptors (Lipinski definition) is 7. The number of carbonyl (C=O) groups excluding carboxylic acids is 1. The normalized spacial score (nSPS) is 19.9. The fraction of sp³-hybridized carbons (Fsp3) is 0.478. The highest BCUT2D eigenvalue weighted by Gasteiger charge is 2.41. The summed E-state index contributed by atoms with van der Waals surface area (Å²) in [5, 5.41) is 12.7. The maximum atomic E-state index is 13.2. The topological polar surface area (TPSA) is 95.5 Å². The molecule has 168 valence electrons. The van der Waals surface area contributed by atoms with E-state index in [0.717, 1.165) is 48.7 Å². The van der Waals surface area contributed by atoms with Gasteiger partial charge in [0.25, 0.3) is 0 Å². The number of ether oxygens (including phenoxy) is 2. The molecule has 1 aliphatic carbocycles. The third-order valence-electron chi connectivity index (χ3n) is 6.54. The lowest BCUT2D eigenvalue weighted by atomic mass is 9.86. The van der Waals surface area contributed by atoms with Crippen LogP contribution in [-0.4, -0.2) is 51.0 Å². The highest BCUT2D eigenvalue weighted by molar-refractivity contribution is 5.77. The van der Waals surface area contributed by atoms with E-state index >= 15 is 0 Å². The van der Waals surface area contributed by atoms with Gasteiger partial charge in [0.2, 0.25) is 5.91 Å². The quantitative estimate of drug-likeness (QED) is 0.583. The molecule has 3 heterocycles. The molecule has 1 amide bonds. The molecule has 1 saturated carbocycles. The Morgan fingerprint density at radius 1 is 1.09 bits per heavy atom. The molecule has 0 N–H and O–H groups in total. The minimum atomic E-state index is 0.125. The Morgan fingerprint density at radius 3 is 2.66 bits per heavy atom. The van der Waals surface area contributed by atoms with Crippen molar-refractivity contribution in [2.45, 2.75) is 57.2 Å². The molecule has 0 unspecified atom stereocenters. The van der Waals surface area contributed by atoms with Crippen molar-refractivity contribution >= 4 is 5.91 Å². The van der Waals surface area contributed by atoms with Crippen molar-refractivity contribution in [3.63, 3.8) is 0 Å². The summed E-state index contributed by atoms with van der Waals surface area (Å²) in [4.78, 5) is 15.2. The van der Waals surface area contributed by atoms with Crippen molar-refractivity contribution < 1.29 is 18.8 Å². The summed E-state index contributed by atoms with van der Waals surface area (Å²) in [5.74, 6) is 3.82. The molecule has 0 saturated heterocycles. The van der Waals surface area contributed by atoms with Crippen LogP contribution in [0.25, 0.3) is 11.4 Å². The summed E-state index contributed by atoms with van der Waals surface area (Å²) in [6.07, 6.45) is 6.80. The Balaban J connectivity index is 1.45. The minimum absolute atomic E-state index is 0.125. The predicted octanol–water partition coefficient (Wildman–Crippen LogP) is 3.41. The third kappa shape index (κ3) is 3.61. The Bertz CT molecular complexity index is 1090. The first kappa shape index (κ1) is 20.5. The number of aromatic nitrogens is 4. The van der Waals surface area contributed by atoms with Crippen molar-refractivity contribution in [2.24, 2.45) is 0 Å². The van der Waals surface area contributed by atoms with E-state index in [4.69, 9.17) is 14.0 Å². The minimum Gasteiger partial charge on any atom is -0.493 e. The zero-order chi connectivity index (χ0) is 22.1. The summed E-state index contributed by atoms with van der Waals surface area (Å²) in [7, 11) is 3.25. The summed E-state index contributed by atoms with van der Waals surface area (Å²) >= 11 is 0. The Hall–Kier alpha value is -3.36. The van der Waals surface area contributed by atoms with Crippen molar-refractivity contribution in [2.75, 3.05) is 14.2 Å². The summed E-state index contributed by atoms with van der Waals surface area (Å²) in [6.45, 7) is 0.469. The fourth-order valence-electron chi connectivity index (χ4n) is 5.00. The van der Waals surface area contributed by atoms with Crippen LogP contribution in [0.2, 0.25) is 0 Å². The van der Waals surface area contributed by atoms with Gasteiger partial charge in [-0.15, -0.1) is 10.2 Å². The molecule has 1 aliphatic heterocycles. The van der Waals surface area contributed by atoms with E-state index in [1.807, 2.05) is 23.1 Å². The van der Waals surface area contributed by atoms with Crippen LogP contribution >= 0.6 is 0 Å². The van der Waals surface area contributed by atoms with E-state index in [0.29, 0.717) is 30.9 Å². The van der Waals surface area contributed by atoms with Gasteiger partial charge in [-0.05, 0) is 31.0 Å². The Morgan fingerprint density at radius 2 is 1.91 bits per heavy atom. The van der Waals surface area contributed by atoms with Crippen LogP contribution in [0.1, 0.15) is 49.7 Å². The predicted molar refractivity (Wildman–Crippen MR) is 115 cm³/mol. The molecule has 0 bridgehead atoms. The summed E-state index contributed by atoms with van der Waals surface area (Å²) in [5.41, 5.74) is 0.927. The zero-order valence-electron chi connectivity index (χ0n) is 18.4. The summed E-state index contributed by atoms with van der Waals surface area (Å²) < 4.78 is 18.3. The van der Waals surface area contributed by atoms with Crippen LogP contribution in [0, 0.1) is 0 Å². The van der Waals surface area contributed by atoms with E-state index in [9.17, 15) is 4.79 Å². The molecule has 1 fully saturated rings. The highest BCUT2D eigenvalue weighted by Crippen LogP contribution is 2.41. The van der Waals surface area contributed by atoms with Crippen molar-refractivity contribution in [1.29, 1.82) is 0 Å². The zero-order valence-corrected chi connectivity index (χ0v) is 18.4. The summed E-state index contributed by atoms with van der Waals surface area (Å²) in [6, 6.07) is 7.91. The lowest BCUT2D eigenvalue weighted by Gasteiger charge is -2.44. The molecule has 0 spiro atoms. The second-order valence-corrected chi connectivity index (χ2v) is 8.30. The number of hydrogen-bond donors (Lipinski definition) is 0. The molecule has 9 nitrogen and oxygen atoms in total. The number of rotatable bonds is 6. The first-order valence-electron chi connectivity index (χ1n) is 11.0. The van der Waals surface area contributed by atoms with Crippen LogP contribution in [-0.2, 0) is 17.8 Å². The molecule has 2 aliphatic rings. The Labute approximate surface area is 186 Å². The van der Waals surface area contributed by atoms with Crippen molar-refractivity contribution in [3.8, 4) is 22.9 Å².